The minimum absolute atomic E-state index is 0.432. The van der Waals surface area contributed by atoms with Crippen LogP contribution in [0.15, 0.2) is 42.4 Å². The first kappa shape index (κ1) is 15.3. The van der Waals surface area contributed by atoms with Crippen molar-refractivity contribution in [2.24, 2.45) is 0 Å². The Morgan fingerprint density at radius 3 is 2.74 bits per heavy atom. The van der Waals surface area contributed by atoms with Crippen LogP contribution in [0.2, 0.25) is 0 Å². The van der Waals surface area contributed by atoms with Gasteiger partial charge in [-0.05, 0) is 31.1 Å². The smallest absolute Gasteiger partial charge is 0.223 e. The van der Waals surface area contributed by atoms with E-state index in [-0.39, 0.29) is 0 Å². The Bertz CT molecular complexity index is 673. The zero-order valence-electron chi connectivity index (χ0n) is 13.1. The van der Waals surface area contributed by atoms with E-state index in [0.717, 1.165) is 18.5 Å². The quantitative estimate of drug-likeness (QED) is 0.660. The molecule has 1 aromatic heterocycles. The number of hydrogen-bond donors (Lipinski definition) is 2. The first-order valence-electron chi connectivity index (χ1n) is 8.21. The zero-order chi connectivity index (χ0) is 15.9. The molecule has 0 atom stereocenters. The van der Waals surface area contributed by atoms with E-state index >= 15 is 0 Å². The highest BCUT2D eigenvalue weighted by atomic mass is 15.1. The van der Waals surface area contributed by atoms with Gasteiger partial charge in [0, 0.05) is 18.4 Å². The fourth-order valence-electron chi connectivity index (χ4n) is 2.98. The molecule has 5 heteroatoms. The van der Waals surface area contributed by atoms with E-state index in [4.69, 9.17) is 0 Å². The number of anilines is 1. The summed E-state index contributed by atoms with van der Waals surface area (Å²) in [4.78, 5) is 8.86. The fourth-order valence-corrected chi connectivity index (χ4v) is 2.98. The third-order valence-electron chi connectivity index (χ3n) is 4.19. The first-order chi connectivity index (χ1) is 11.4. The van der Waals surface area contributed by atoms with Crippen LogP contribution in [-0.2, 0) is 0 Å². The first-order valence-corrected chi connectivity index (χ1v) is 8.21. The van der Waals surface area contributed by atoms with Crippen molar-refractivity contribution in [3.8, 4) is 6.07 Å². The van der Waals surface area contributed by atoms with Crippen LogP contribution >= 0.6 is 0 Å². The summed E-state index contributed by atoms with van der Waals surface area (Å²) in [6.07, 6.45) is 16.6. The van der Waals surface area contributed by atoms with Crippen molar-refractivity contribution in [1.29, 1.82) is 5.26 Å². The molecule has 5 nitrogen and oxygen atoms in total. The van der Waals surface area contributed by atoms with Gasteiger partial charge in [0.25, 0.3) is 0 Å². The molecule has 1 aromatic rings. The average Bonchev–Trinajstić information content (AvgIpc) is 2.86. The molecule has 1 saturated carbocycles. The van der Waals surface area contributed by atoms with Crippen molar-refractivity contribution in [2.75, 3.05) is 5.32 Å². The maximum absolute atomic E-state index is 9.49. The molecule has 0 radical (unpaired) electrons. The molecule has 3 rings (SSSR count). The summed E-state index contributed by atoms with van der Waals surface area (Å²) < 4.78 is 0. The molecule has 23 heavy (non-hydrogen) atoms. The Morgan fingerprint density at radius 1 is 1.22 bits per heavy atom. The summed E-state index contributed by atoms with van der Waals surface area (Å²) in [5, 5.41) is 16.0. The van der Waals surface area contributed by atoms with Crippen LogP contribution in [0.1, 0.15) is 44.2 Å². The topological polar surface area (TPSA) is 73.6 Å². The van der Waals surface area contributed by atoms with Crippen molar-refractivity contribution in [2.45, 2.75) is 44.6 Å². The van der Waals surface area contributed by atoms with Crippen LogP contribution in [0.3, 0.4) is 0 Å². The number of hydrogen-bond acceptors (Lipinski definition) is 5. The van der Waals surface area contributed by atoms with Gasteiger partial charge in [0.1, 0.15) is 11.6 Å². The zero-order valence-corrected chi connectivity index (χ0v) is 13.1. The molecule has 1 fully saturated rings. The Morgan fingerprint density at radius 2 is 2.04 bits per heavy atom. The molecule has 0 unspecified atom stereocenters. The van der Waals surface area contributed by atoms with Crippen LogP contribution in [0.25, 0.3) is 5.57 Å². The Balaban J connectivity index is 1.80. The van der Waals surface area contributed by atoms with Gasteiger partial charge in [0.05, 0.1) is 11.4 Å². The second kappa shape index (κ2) is 7.59. The van der Waals surface area contributed by atoms with Gasteiger partial charge in [-0.2, -0.15) is 5.26 Å². The molecule has 0 bridgehead atoms. The van der Waals surface area contributed by atoms with E-state index in [0.29, 0.717) is 23.3 Å². The number of nitrogens with one attached hydrogen (secondary N) is 2. The minimum atomic E-state index is 0.432. The van der Waals surface area contributed by atoms with Crippen LogP contribution < -0.4 is 10.6 Å². The molecule has 2 heterocycles. The van der Waals surface area contributed by atoms with E-state index in [1.807, 2.05) is 18.2 Å². The molecule has 2 aliphatic rings. The number of aromatic nitrogens is 2. The SMILES string of the molecule is N#C/C(=C1/C=CC=CN1)c1ccnc(NC2CCCCCC2)n1. The normalized spacial score (nSPS) is 20.3. The second-order valence-corrected chi connectivity index (χ2v) is 5.86. The van der Waals surface area contributed by atoms with Crippen molar-refractivity contribution in [3.05, 3.63) is 48.1 Å². The summed E-state index contributed by atoms with van der Waals surface area (Å²) >= 11 is 0. The third-order valence-corrected chi connectivity index (χ3v) is 4.19. The number of dihydropyridines is 1. The maximum atomic E-state index is 9.49. The summed E-state index contributed by atoms with van der Waals surface area (Å²) in [5.41, 5.74) is 1.92. The summed E-state index contributed by atoms with van der Waals surface area (Å²) in [6, 6.07) is 4.45. The van der Waals surface area contributed by atoms with E-state index in [9.17, 15) is 5.26 Å². The standard InChI is InChI=1S/C18H21N5/c19-13-15(16-9-5-6-11-20-16)17-10-12-21-18(23-17)22-14-7-3-1-2-4-8-14/h5-6,9-12,14,20H,1-4,7-8H2,(H,21,22,23)/b16-15+. The lowest BCUT2D eigenvalue weighted by Gasteiger charge is -2.16. The largest absolute Gasteiger partial charge is 0.361 e. The van der Waals surface area contributed by atoms with Gasteiger partial charge in [0.15, 0.2) is 0 Å². The third kappa shape index (κ3) is 3.98. The Labute approximate surface area is 136 Å². The molecule has 2 N–H and O–H groups in total. The summed E-state index contributed by atoms with van der Waals surface area (Å²) in [7, 11) is 0. The lowest BCUT2D eigenvalue weighted by molar-refractivity contribution is 0.614. The molecular formula is C18H21N5. The van der Waals surface area contributed by atoms with Gasteiger partial charge in [-0.25, -0.2) is 9.97 Å². The highest BCUT2D eigenvalue weighted by Crippen LogP contribution is 2.21. The highest BCUT2D eigenvalue weighted by Gasteiger charge is 2.15. The van der Waals surface area contributed by atoms with E-state index in [1.165, 1.54) is 25.7 Å². The molecular weight excluding hydrogens is 286 g/mol. The van der Waals surface area contributed by atoms with Crippen molar-refractivity contribution in [3.63, 3.8) is 0 Å². The van der Waals surface area contributed by atoms with Crippen molar-refractivity contribution >= 4 is 11.5 Å². The van der Waals surface area contributed by atoms with Gasteiger partial charge in [-0.3, -0.25) is 0 Å². The molecule has 1 aliphatic carbocycles. The van der Waals surface area contributed by atoms with Gasteiger partial charge in [0.2, 0.25) is 5.95 Å². The molecule has 0 spiro atoms. The van der Waals surface area contributed by atoms with Crippen LogP contribution in [0, 0.1) is 11.3 Å². The van der Waals surface area contributed by atoms with Crippen molar-refractivity contribution < 1.29 is 0 Å². The van der Waals surface area contributed by atoms with Crippen LogP contribution in [-0.4, -0.2) is 16.0 Å². The van der Waals surface area contributed by atoms with Gasteiger partial charge in [-0.1, -0.05) is 31.8 Å². The minimum Gasteiger partial charge on any atom is -0.361 e. The van der Waals surface area contributed by atoms with Crippen LogP contribution in [0.4, 0.5) is 5.95 Å². The molecule has 0 saturated heterocycles. The second-order valence-electron chi connectivity index (χ2n) is 5.86. The number of nitriles is 1. The monoisotopic (exact) mass is 307 g/mol. The Hall–Kier alpha value is -2.61. The average molecular weight is 307 g/mol. The van der Waals surface area contributed by atoms with Gasteiger partial charge >= 0.3 is 0 Å². The number of nitrogens with zero attached hydrogens (tertiary/aromatic N) is 3. The number of rotatable bonds is 3. The lowest BCUT2D eigenvalue weighted by atomic mass is 10.1. The van der Waals surface area contributed by atoms with E-state index in [2.05, 4.69) is 26.7 Å². The Kier molecular flexibility index (Phi) is 5.05. The highest BCUT2D eigenvalue weighted by molar-refractivity contribution is 5.79. The van der Waals surface area contributed by atoms with Crippen molar-refractivity contribution in [1.82, 2.24) is 15.3 Å². The summed E-state index contributed by atoms with van der Waals surface area (Å²) in [6.45, 7) is 0. The van der Waals surface area contributed by atoms with Crippen LogP contribution in [0.5, 0.6) is 0 Å². The van der Waals surface area contributed by atoms with E-state index in [1.54, 1.807) is 18.5 Å². The lowest BCUT2D eigenvalue weighted by Crippen LogP contribution is -2.20. The maximum Gasteiger partial charge on any atom is 0.223 e. The number of allylic oxidation sites excluding steroid dienone is 4. The van der Waals surface area contributed by atoms with E-state index < -0.39 is 0 Å². The predicted octanol–water partition coefficient (Wildman–Crippen LogP) is 3.52. The predicted molar refractivity (Wildman–Crippen MR) is 91.1 cm³/mol. The summed E-state index contributed by atoms with van der Waals surface area (Å²) in [5.74, 6) is 0.609. The van der Waals surface area contributed by atoms with Gasteiger partial charge < -0.3 is 10.6 Å². The molecule has 0 amide bonds. The molecule has 0 aromatic carbocycles. The molecule has 118 valence electrons. The van der Waals surface area contributed by atoms with Gasteiger partial charge in [-0.15, -0.1) is 0 Å². The molecule has 1 aliphatic heterocycles. The fraction of sp³-hybridized carbons (Fsp3) is 0.389.